The van der Waals surface area contributed by atoms with Crippen LogP contribution in [-0.4, -0.2) is 22.6 Å². The fraction of sp³-hybridized carbons (Fsp3) is 0.348. The fourth-order valence-electron chi connectivity index (χ4n) is 3.27. The van der Waals surface area contributed by atoms with Gasteiger partial charge in [-0.1, -0.05) is 68.6 Å². The Morgan fingerprint density at radius 1 is 1.07 bits per heavy atom. The number of carboxylic acid groups (broad SMARTS) is 1. The first kappa shape index (κ1) is 20.5. The van der Waals surface area contributed by atoms with Gasteiger partial charge in [0, 0.05) is 22.3 Å². The maximum absolute atomic E-state index is 11.7. The minimum absolute atomic E-state index is 0.255. The van der Waals surface area contributed by atoms with E-state index in [1.165, 1.54) is 49.4 Å². The van der Waals surface area contributed by atoms with E-state index in [0.29, 0.717) is 0 Å². The number of aromatic nitrogens is 1. The van der Waals surface area contributed by atoms with Crippen molar-refractivity contribution in [3.8, 4) is 0 Å². The molecule has 0 radical (unpaired) electrons. The summed E-state index contributed by atoms with van der Waals surface area (Å²) in [5, 5.41) is 14.1. The second kappa shape index (κ2) is 10.3. The van der Waals surface area contributed by atoms with Crippen molar-refractivity contribution in [2.75, 3.05) is 6.54 Å². The minimum atomic E-state index is -0.929. The van der Waals surface area contributed by atoms with Gasteiger partial charge in [0.1, 0.15) is 5.69 Å². The number of carbonyl (C=O) groups is 1. The molecular formula is C23H28N2O2S. The zero-order valence-electron chi connectivity index (χ0n) is 16.3. The van der Waals surface area contributed by atoms with E-state index in [-0.39, 0.29) is 5.69 Å². The number of aromatic carboxylic acids is 1. The second-order valence-electron chi connectivity index (χ2n) is 7.02. The molecule has 3 aromatic rings. The summed E-state index contributed by atoms with van der Waals surface area (Å²) in [4.78, 5) is 16.6. The van der Waals surface area contributed by atoms with Gasteiger partial charge in [-0.2, -0.15) is 0 Å². The molecule has 3 N–H and O–H groups in total. The number of rotatable bonds is 11. The van der Waals surface area contributed by atoms with Crippen molar-refractivity contribution in [3.05, 3.63) is 59.8 Å². The summed E-state index contributed by atoms with van der Waals surface area (Å²) >= 11 is 1.49. The van der Waals surface area contributed by atoms with Crippen molar-refractivity contribution >= 4 is 28.6 Å². The Balaban J connectivity index is 1.72. The van der Waals surface area contributed by atoms with Gasteiger partial charge in [0.25, 0.3) is 0 Å². The van der Waals surface area contributed by atoms with Crippen molar-refractivity contribution in [2.24, 2.45) is 0 Å². The number of H-pyrrole nitrogens is 1. The summed E-state index contributed by atoms with van der Waals surface area (Å²) in [5.74, 6) is -0.929. The highest BCUT2D eigenvalue weighted by atomic mass is 32.2. The number of aromatic amines is 1. The highest BCUT2D eigenvalue weighted by Crippen LogP contribution is 2.37. The highest BCUT2D eigenvalue weighted by Gasteiger charge is 2.18. The standard InChI is InChI=1S/C23H28N2O2S/c1-2-3-4-5-9-14-24-16-17-12-13-20-19(15-17)22(21(25-20)23(26)27)28-18-10-7-6-8-11-18/h6-8,10-13,15,24-25H,2-5,9,14,16H2,1H3,(H,26,27). The molecule has 0 fully saturated rings. The van der Waals surface area contributed by atoms with Gasteiger partial charge in [0.05, 0.1) is 4.90 Å². The molecule has 5 heteroatoms. The fourth-order valence-corrected chi connectivity index (χ4v) is 4.32. The Morgan fingerprint density at radius 2 is 1.86 bits per heavy atom. The third-order valence-corrected chi connectivity index (χ3v) is 5.91. The van der Waals surface area contributed by atoms with Crippen LogP contribution in [-0.2, 0) is 6.54 Å². The summed E-state index contributed by atoms with van der Waals surface area (Å²) in [6, 6.07) is 16.0. The lowest BCUT2D eigenvalue weighted by molar-refractivity contribution is 0.0688. The Labute approximate surface area is 170 Å². The van der Waals surface area contributed by atoms with Crippen LogP contribution in [0.15, 0.2) is 58.3 Å². The average molecular weight is 397 g/mol. The molecule has 0 saturated heterocycles. The molecule has 1 aromatic heterocycles. The van der Waals surface area contributed by atoms with E-state index in [1.54, 1.807) is 0 Å². The lowest BCUT2D eigenvalue weighted by atomic mass is 10.1. The molecule has 3 rings (SSSR count). The van der Waals surface area contributed by atoms with E-state index >= 15 is 0 Å². The molecule has 0 unspecified atom stereocenters. The highest BCUT2D eigenvalue weighted by molar-refractivity contribution is 7.99. The van der Waals surface area contributed by atoms with E-state index in [4.69, 9.17) is 0 Å². The molecule has 4 nitrogen and oxygen atoms in total. The van der Waals surface area contributed by atoms with Gasteiger partial charge < -0.3 is 15.4 Å². The monoisotopic (exact) mass is 396 g/mol. The molecule has 2 aromatic carbocycles. The van der Waals surface area contributed by atoms with Crippen LogP contribution in [0.4, 0.5) is 0 Å². The first-order valence-electron chi connectivity index (χ1n) is 10.0. The number of unbranched alkanes of at least 4 members (excludes halogenated alkanes) is 4. The van der Waals surface area contributed by atoms with Crippen LogP contribution >= 0.6 is 11.8 Å². The maximum atomic E-state index is 11.7. The van der Waals surface area contributed by atoms with Gasteiger partial charge >= 0.3 is 5.97 Å². The van der Waals surface area contributed by atoms with Crippen LogP contribution in [0.5, 0.6) is 0 Å². The van der Waals surface area contributed by atoms with E-state index in [0.717, 1.165) is 33.8 Å². The minimum Gasteiger partial charge on any atom is -0.477 e. The molecule has 0 bridgehead atoms. The summed E-state index contributed by atoms with van der Waals surface area (Å²) < 4.78 is 0. The van der Waals surface area contributed by atoms with Gasteiger partial charge in [-0.15, -0.1) is 0 Å². The number of hydrogen-bond acceptors (Lipinski definition) is 3. The number of hydrogen-bond donors (Lipinski definition) is 3. The summed E-state index contributed by atoms with van der Waals surface area (Å²) in [6.45, 7) is 4.04. The van der Waals surface area contributed by atoms with Gasteiger partial charge in [0.15, 0.2) is 0 Å². The van der Waals surface area contributed by atoms with Crippen LogP contribution in [0, 0.1) is 0 Å². The van der Waals surface area contributed by atoms with Crippen LogP contribution in [0.1, 0.15) is 55.1 Å². The summed E-state index contributed by atoms with van der Waals surface area (Å²) in [6.07, 6.45) is 6.37. The SMILES string of the molecule is CCCCCCCNCc1ccc2[nH]c(C(=O)O)c(Sc3ccccc3)c2c1. The van der Waals surface area contributed by atoms with Gasteiger partial charge in [-0.25, -0.2) is 4.79 Å². The van der Waals surface area contributed by atoms with Crippen molar-refractivity contribution in [1.29, 1.82) is 0 Å². The van der Waals surface area contributed by atoms with Crippen molar-refractivity contribution in [1.82, 2.24) is 10.3 Å². The largest absolute Gasteiger partial charge is 0.477 e. The summed E-state index contributed by atoms with van der Waals surface area (Å²) in [5.41, 5.74) is 2.29. The average Bonchev–Trinajstić information content (AvgIpc) is 3.06. The van der Waals surface area contributed by atoms with Gasteiger partial charge in [-0.3, -0.25) is 0 Å². The predicted octanol–water partition coefficient (Wildman–Crippen LogP) is 6.08. The van der Waals surface area contributed by atoms with Crippen molar-refractivity contribution in [2.45, 2.75) is 55.4 Å². The zero-order valence-corrected chi connectivity index (χ0v) is 17.1. The Kier molecular flexibility index (Phi) is 7.57. The second-order valence-corrected chi connectivity index (χ2v) is 8.10. The number of benzene rings is 2. The van der Waals surface area contributed by atoms with Crippen molar-refractivity contribution < 1.29 is 9.90 Å². The predicted molar refractivity (Wildman–Crippen MR) is 116 cm³/mol. The number of fused-ring (bicyclic) bond motifs is 1. The zero-order chi connectivity index (χ0) is 19.8. The van der Waals surface area contributed by atoms with Crippen LogP contribution < -0.4 is 5.32 Å². The molecule has 1 heterocycles. The molecule has 0 saturated carbocycles. The third kappa shape index (κ3) is 5.40. The number of nitrogens with one attached hydrogen (secondary N) is 2. The molecule has 0 aliphatic heterocycles. The molecular weight excluding hydrogens is 368 g/mol. The lowest BCUT2D eigenvalue weighted by Gasteiger charge is -2.06. The smallest absolute Gasteiger partial charge is 0.353 e. The first-order chi connectivity index (χ1) is 13.7. The molecule has 0 amide bonds. The van der Waals surface area contributed by atoms with E-state index in [2.05, 4.69) is 29.4 Å². The van der Waals surface area contributed by atoms with E-state index in [1.807, 2.05) is 36.4 Å². The van der Waals surface area contributed by atoms with Crippen LogP contribution in [0.3, 0.4) is 0 Å². The van der Waals surface area contributed by atoms with Crippen molar-refractivity contribution in [3.63, 3.8) is 0 Å². The van der Waals surface area contributed by atoms with E-state index < -0.39 is 5.97 Å². The Morgan fingerprint density at radius 3 is 2.61 bits per heavy atom. The Hall–Kier alpha value is -2.24. The normalized spacial score (nSPS) is 11.2. The molecule has 0 aliphatic rings. The molecule has 0 aliphatic carbocycles. The van der Waals surface area contributed by atoms with Crippen LogP contribution in [0.25, 0.3) is 10.9 Å². The van der Waals surface area contributed by atoms with Crippen LogP contribution in [0.2, 0.25) is 0 Å². The molecule has 0 atom stereocenters. The maximum Gasteiger partial charge on any atom is 0.353 e. The quantitative estimate of drug-likeness (QED) is 0.344. The van der Waals surface area contributed by atoms with E-state index in [9.17, 15) is 9.90 Å². The van der Waals surface area contributed by atoms with Gasteiger partial charge in [0.2, 0.25) is 0 Å². The lowest BCUT2D eigenvalue weighted by Crippen LogP contribution is -2.14. The molecule has 148 valence electrons. The number of carboxylic acids is 1. The third-order valence-electron chi connectivity index (χ3n) is 4.78. The molecule has 28 heavy (non-hydrogen) atoms. The first-order valence-corrected chi connectivity index (χ1v) is 10.8. The van der Waals surface area contributed by atoms with Gasteiger partial charge in [-0.05, 0) is 42.8 Å². The summed E-state index contributed by atoms with van der Waals surface area (Å²) in [7, 11) is 0. The Bertz CT molecular complexity index is 906. The molecule has 0 spiro atoms. The topological polar surface area (TPSA) is 65.1 Å².